The maximum absolute atomic E-state index is 12.3. The van der Waals surface area contributed by atoms with Crippen LogP contribution in [0.4, 0.5) is 13.2 Å². The first-order chi connectivity index (χ1) is 9.43. The molecule has 1 aromatic rings. The lowest BCUT2D eigenvalue weighted by Crippen LogP contribution is -2.30. The molecular weight excluding hydrogens is 309 g/mol. The molecule has 0 spiro atoms. The van der Waals surface area contributed by atoms with Crippen molar-refractivity contribution in [1.29, 1.82) is 0 Å². The van der Waals surface area contributed by atoms with Crippen molar-refractivity contribution in [2.75, 3.05) is 26.7 Å². The quantitative estimate of drug-likeness (QED) is 0.756. The highest BCUT2D eigenvalue weighted by Crippen LogP contribution is 2.30. The van der Waals surface area contributed by atoms with E-state index in [0.29, 0.717) is 6.54 Å². The molecule has 120 valence electrons. The predicted molar refractivity (Wildman–Crippen MR) is 75.7 cm³/mol. The van der Waals surface area contributed by atoms with Crippen molar-refractivity contribution in [3.63, 3.8) is 0 Å². The van der Waals surface area contributed by atoms with Gasteiger partial charge in [0.2, 0.25) is 0 Å². The second-order valence-corrected chi connectivity index (χ2v) is 4.12. The highest BCUT2D eigenvalue weighted by atomic mass is 35.5. The summed E-state index contributed by atoms with van der Waals surface area (Å²) in [5.74, 6) is -0.0793. The molecule has 0 bridgehead atoms. The van der Waals surface area contributed by atoms with Crippen LogP contribution in [-0.2, 0) is 11.0 Å². The van der Waals surface area contributed by atoms with E-state index in [-0.39, 0.29) is 30.7 Å². The van der Waals surface area contributed by atoms with Crippen molar-refractivity contribution in [3.8, 4) is 5.75 Å². The van der Waals surface area contributed by atoms with Gasteiger partial charge in [0.1, 0.15) is 5.75 Å². The summed E-state index contributed by atoms with van der Waals surface area (Å²) in [6, 6.07) is 4.22. The van der Waals surface area contributed by atoms with Gasteiger partial charge < -0.3 is 15.4 Å². The molecule has 0 unspecified atom stereocenters. The first-order valence-electron chi connectivity index (χ1n) is 6.15. The Labute approximate surface area is 127 Å². The smallest absolute Gasteiger partial charge is 0.416 e. The Kier molecular flexibility index (Phi) is 8.80. The van der Waals surface area contributed by atoms with Crippen molar-refractivity contribution in [2.24, 2.45) is 0 Å². The third-order valence-electron chi connectivity index (χ3n) is 2.48. The maximum atomic E-state index is 12.3. The zero-order valence-electron chi connectivity index (χ0n) is 11.5. The summed E-state index contributed by atoms with van der Waals surface area (Å²) in [4.78, 5) is 11.4. The summed E-state index contributed by atoms with van der Waals surface area (Å²) in [7, 11) is 1.82. The van der Waals surface area contributed by atoms with Crippen LogP contribution in [0, 0.1) is 0 Å². The Hall–Kier alpha value is -1.47. The number of alkyl halides is 3. The molecule has 4 nitrogen and oxygen atoms in total. The van der Waals surface area contributed by atoms with Crippen LogP contribution in [0.3, 0.4) is 0 Å². The predicted octanol–water partition coefficient (Wildman–Crippen LogP) is 2.23. The molecule has 0 saturated carbocycles. The zero-order valence-corrected chi connectivity index (χ0v) is 12.3. The lowest BCUT2D eigenvalue weighted by atomic mass is 10.2. The summed E-state index contributed by atoms with van der Waals surface area (Å²) in [5, 5.41) is 5.58. The van der Waals surface area contributed by atoms with Crippen LogP contribution >= 0.6 is 12.4 Å². The average Bonchev–Trinajstić information content (AvgIpc) is 2.41. The molecule has 0 aliphatic carbocycles. The summed E-state index contributed by atoms with van der Waals surface area (Å²) in [5.41, 5.74) is -0.749. The fourth-order valence-corrected chi connectivity index (χ4v) is 1.43. The van der Waals surface area contributed by atoms with Gasteiger partial charge in [0.25, 0.3) is 5.91 Å². The molecule has 21 heavy (non-hydrogen) atoms. The van der Waals surface area contributed by atoms with Crippen molar-refractivity contribution in [2.45, 2.75) is 12.6 Å². The third-order valence-corrected chi connectivity index (χ3v) is 2.48. The molecule has 0 aromatic heterocycles. The van der Waals surface area contributed by atoms with Gasteiger partial charge in [-0.15, -0.1) is 12.4 Å². The van der Waals surface area contributed by atoms with Gasteiger partial charge in [-0.1, -0.05) is 0 Å². The van der Waals surface area contributed by atoms with Crippen LogP contribution in [0.25, 0.3) is 0 Å². The Morgan fingerprint density at radius 1 is 1.19 bits per heavy atom. The number of benzene rings is 1. The van der Waals surface area contributed by atoms with Crippen molar-refractivity contribution in [3.05, 3.63) is 29.8 Å². The summed E-state index contributed by atoms with van der Waals surface area (Å²) >= 11 is 0. The lowest BCUT2D eigenvalue weighted by Gasteiger charge is -2.09. The molecule has 1 amide bonds. The number of carbonyl (C=O) groups is 1. The van der Waals surface area contributed by atoms with Gasteiger partial charge in [0.15, 0.2) is 6.61 Å². The van der Waals surface area contributed by atoms with E-state index in [1.165, 1.54) is 12.1 Å². The summed E-state index contributed by atoms with van der Waals surface area (Å²) < 4.78 is 42.1. The van der Waals surface area contributed by atoms with E-state index in [2.05, 4.69) is 10.6 Å². The zero-order chi connectivity index (χ0) is 15.0. The van der Waals surface area contributed by atoms with E-state index in [0.717, 1.165) is 25.1 Å². The molecule has 0 atom stereocenters. The Bertz CT molecular complexity index is 424. The van der Waals surface area contributed by atoms with Gasteiger partial charge in [-0.05, 0) is 44.3 Å². The van der Waals surface area contributed by atoms with Crippen molar-refractivity contribution in [1.82, 2.24) is 10.6 Å². The Morgan fingerprint density at radius 2 is 1.81 bits per heavy atom. The van der Waals surface area contributed by atoms with E-state index < -0.39 is 11.7 Å². The second kappa shape index (κ2) is 9.46. The maximum Gasteiger partial charge on any atom is 0.416 e. The molecular formula is C13H18ClF3N2O2. The monoisotopic (exact) mass is 326 g/mol. The van der Waals surface area contributed by atoms with Gasteiger partial charge >= 0.3 is 6.18 Å². The SMILES string of the molecule is CNCCCNC(=O)COc1ccc(C(F)(F)F)cc1.Cl. The standard InChI is InChI=1S/C13H17F3N2O2.ClH/c1-17-7-2-8-18-12(19)9-20-11-5-3-10(4-6-11)13(14,15)16;/h3-6,17H,2,7-9H2,1H3,(H,18,19);1H. The number of hydrogen-bond acceptors (Lipinski definition) is 3. The summed E-state index contributed by atoms with van der Waals surface area (Å²) in [6.45, 7) is 1.10. The van der Waals surface area contributed by atoms with E-state index in [1.54, 1.807) is 0 Å². The minimum absolute atomic E-state index is 0. The largest absolute Gasteiger partial charge is 0.484 e. The van der Waals surface area contributed by atoms with Gasteiger partial charge in [-0.3, -0.25) is 4.79 Å². The van der Waals surface area contributed by atoms with E-state index in [1.807, 2.05) is 7.05 Å². The number of hydrogen-bond donors (Lipinski definition) is 2. The average molecular weight is 327 g/mol. The highest BCUT2D eigenvalue weighted by molar-refractivity contribution is 5.85. The molecule has 0 radical (unpaired) electrons. The van der Waals surface area contributed by atoms with Crippen LogP contribution in [0.1, 0.15) is 12.0 Å². The molecule has 0 aliphatic rings. The fraction of sp³-hybridized carbons (Fsp3) is 0.462. The number of amides is 1. The normalized spacial score (nSPS) is 10.7. The molecule has 1 aromatic carbocycles. The minimum Gasteiger partial charge on any atom is -0.484 e. The van der Waals surface area contributed by atoms with Crippen molar-refractivity contribution >= 4 is 18.3 Å². The number of halogens is 4. The second-order valence-electron chi connectivity index (χ2n) is 4.12. The first-order valence-corrected chi connectivity index (χ1v) is 6.15. The van der Waals surface area contributed by atoms with Crippen LogP contribution in [0.2, 0.25) is 0 Å². The molecule has 2 N–H and O–H groups in total. The van der Waals surface area contributed by atoms with E-state index in [4.69, 9.17) is 4.74 Å². The molecule has 0 heterocycles. The van der Waals surface area contributed by atoms with E-state index >= 15 is 0 Å². The van der Waals surface area contributed by atoms with Gasteiger partial charge in [-0.2, -0.15) is 13.2 Å². The first kappa shape index (κ1) is 19.5. The number of carbonyl (C=O) groups excluding carboxylic acids is 1. The van der Waals surface area contributed by atoms with Crippen molar-refractivity contribution < 1.29 is 22.7 Å². The molecule has 0 aliphatic heterocycles. The number of rotatable bonds is 7. The number of ether oxygens (including phenoxy) is 1. The van der Waals surface area contributed by atoms with E-state index in [9.17, 15) is 18.0 Å². The molecule has 8 heteroatoms. The lowest BCUT2D eigenvalue weighted by molar-refractivity contribution is -0.137. The molecule has 0 saturated heterocycles. The molecule has 1 rings (SSSR count). The van der Waals surface area contributed by atoms with Crippen LogP contribution in [0.5, 0.6) is 5.75 Å². The Morgan fingerprint density at radius 3 is 2.33 bits per heavy atom. The minimum atomic E-state index is -4.37. The fourth-order valence-electron chi connectivity index (χ4n) is 1.43. The molecule has 0 fully saturated rings. The third kappa shape index (κ3) is 7.77. The Balaban J connectivity index is 0.00000400. The topological polar surface area (TPSA) is 50.4 Å². The van der Waals surface area contributed by atoms with Crippen LogP contribution < -0.4 is 15.4 Å². The van der Waals surface area contributed by atoms with Gasteiger partial charge in [0, 0.05) is 6.54 Å². The van der Waals surface area contributed by atoms with Gasteiger partial charge in [0.05, 0.1) is 5.56 Å². The van der Waals surface area contributed by atoms with Crippen LogP contribution in [0.15, 0.2) is 24.3 Å². The highest BCUT2D eigenvalue weighted by Gasteiger charge is 2.29. The summed E-state index contributed by atoms with van der Waals surface area (Å²) in [6.07, 6.45) is -3.58. The van der Waals surface area contributed by atoms with Gasteiger partial charge in [-0.25, -0.2) is 0 Å². The number of nitrogens with one attached hydrogen (secondary N) is 2. The van der Waals surface area contributed by atoms with Crippen LogP contribution in [-0.4, -0.2) is 32.7 Å².